The maximum Gasteiger partial charge on any atom is 0.224 e. The van der Waals surface area contributed by atoms with E-state index in [1.54, 1.807) is 4.68 Å². The molecule has 1 saturated heterocycles. The number of fused-ring (bicyclic) bond motifs is 2. The summed E-state index contributed by atoms with van der Waals surface area (Å²) in [5, 5.41) is 12.8. The van der Waals surface area contributed by atoms with Crippen molar-refractivity contribution in [1.29, 1.82) is 0 Å². The van der Waals surface area contributed by atoms with Crippen LogP contribution in [-0.2, 0) is 11.8 Å². The van der Waals surface area contributed by atoms with Crippen LogP contribution >= 0.6 is 0 Å². The summed E-state index contributed by atoms with van der Waals surface area (Å²) >= 11 is 0. The van der Waals surface area contributed by atoms with Gasteiger partial charge in [-0.2, -0.15) is 4.98 Å². The lowest BCUT2D eigenvalue weighted by atomic mass is 9.77. The number of aromatic nitrogens is 6. The van der Waals surface area contributed by atoms with E-state index in [1.807, 2.05) is 25.5 Å². The first-order valence-electron chi connectivity index (χ1n) is 10.2. The number of rotatable bonds is 3. The molecule has 29 heavy (non-hydrogen) atoms. The molecular weight excluding hydrogens is 366 g/mol. The third kappa shape index (κ3) is 2.78. The molecule has 1 saturated carbocycles. The van der Waals surface area contributed by atoms with Crippen molar-refractivity contribution in [2.75, 3.05) is 11.9 Å². The number of aromatic amines is 1. The molecule has 8 heteroatoms. The monoisotopic (exact) mass is 389 g/mol. The number of anilines is 1. The Labute approximate surface area is 167 Å². The number of ether oxygens (including phenoxy) is 1. The van der Waals surface area contributed by atoms with Gasteiger partial charge in [-0.3, -0.25) is 0 Å². The third-order valence-corrected chi connectivity index (χ3v) is 6.55. The van der Waals surface area contributed by atoms with Crippen molar-refractivity contribution in [3.05, 3.63) is 30.6 Å². The topological polar surface area (TPSA) is 93.5 Å². The van der Waals surface area contributed by atoms with Crippen LogP contribution < -0.4 is 5.32 Å². The van der Waals surface area contributed by atoms with Crippen molar-refractivity contribution in [3.8, 4) is 11.1 Å². The van der Waals surface area contributed by atoms with Crippen LogP contribution in [0, 0.1) is 0 Å². The van der Waals surface area contributed by atoms with E-state index in [9.17, 15) is 0 Å². The molecule has 8 nitrogen and oxygen atoms in total. The van der Waals surface area contributed by atoms with Gasteiger partial charge in [-0.1, -0.05) is 11.3 Å². The summed E-state index contributed by atoms with van der Waals surface area (Å²) in [6.45, 7) is 0.928. The van der Waals surface area contributed by atoms with Crippen LogP contribution in [0.4, 0.5) is 5.95 Å². The predicted octanol–water partition coefficient (Wildman–Crippen LogP) is 3.42. The maximum atomic E-state index is 5.82. The average Bonchev–Trinajstić information content (AvgIpc) is 3.30. The van der Waals surface area contributed by atoms with Crippen molar-refractivity contribution in [2.24, 2.45) is 7.05 Å². The van der Waals surface area contributed by atoms with E-state index in [-0.39, 0.29) is 5.60 Å². The Morgan fingerprint density at radius 1 is 1.24 bits per heavy atom. The minimum Gasteiger partial charge on any atom is -0.375 e. The highest BCUT2D eigenvalue weighted by molar-refractivity contribution is 5.95. The molecule has 0 radical (unpaired) electrons. The number of benzene rings is 1. The summed E-state index contributed by atoms with van der Waals surface area (Å²) < 4.78 is 7.60. The Kier molecular flexibility index (Phi) is 3.64. The highest BCUT2D eigenvalue weighted by atomic mass is 16.5. The summed E-state index contributed by atoms with van der Waals surface area (Å²) in [7, 11) is 1.90. The summed E-state index contributed by atoms with van der Waals surface area (Å²) in [5.41, 5.74) is 5.09. The van der Waals surface area contributed by atoms with E-state index in [4.69, 9.17) is 9.72 Å². The average molecular weight is 389 g/mol. The molecule has 4 aromatic rings. The van der Waals surface area contributed by atoms with Gasteiger partial charge in [0, 0.05) is 36.4 Å². The van der Waals surface area contributed by atoms with Gasteiger partial charge in [-0.05, 0) is 49.8 Å². The lowest BCUT2D eigenvalue weighted by molar-refractivity contribution is -0.165. The molecule has 3 aromatic heterocycles. The molecule has 2 N–H and O–H groups in total. The Bertz CT molecular complexity index is 1200. The first-order chi connectivity index (χ1) is 14.2. The zero-order valence-electron chi connectivity index (χ0n) is 16.4. The van der Waals surface area contributed by atoms with E-state index in [1.165, 1.54) is 6.42 Å². The molecular formula is C21H23N7O. The number of hydrogen-bond acceptors (Lipinski definition) is 6. The smallest absolute Gasteiger partial charge is 0.224 e. The van der Waals surface area contributed by atoms with Gasteiger partial charge in [0.1, 0.15) is 11.2 Å². The number of hydrogen-bond donors (Lipinski definition) is 2. The summed E-state index contributed by atoms with van der Waals surface area (Å²) in [6, 6.07) is 6.57. The van der Waals surface area contributed by atoms with Crippen LogP contribution in [0.15, 0.2) is 30.6 Å². The molecule has 0 unspecified atom stereocenters. The van der Waals surface area contributed by atoms with E-state index < -0.39 is 0 Å². The van der Waals surface area contributed by atoms with Gasteiger partial charge in [0.2, 0.25) is 5.95 Å². The van der Waals surface area contributed by atoms with E-state index in [0.717, 1.165) is 65.5 Å². The van der Waals surface area contributed by atoms with E-state index in [2.05, 4.69) is 37.7 Å². The van der Waals surface area contributed by atoms with Gasteiger partial charge < -0.3 is 15.0 Å². The molecule has 2 aliphatic rings. The predicted molar refractivity (Wildman–Crippen MR) is 111 cm³/mol. The van der Waals surface area contributed by atoms with Crippen LogP contribution in [-0.4, -0.2) is 48.2 Å². The van der Waals surface area contributed by atoms with E-state index in [0.29, 0.717) is 12.0 Å². The van der Waals surface area contributed by atoms with Crippen molar-refractivity contribution in [3.63, 3.8) is 0 Å². The molecule has 1 aliphatic heterocycles. The van der Waals surface area contributed by atoms with Crippen LogP contribution in [0.2, 0.25) is 0 Å². The van der Waals surface area contributed by atoms with Crippen LogP contribution in [0.3, 0.4) is 0 Å². The Morgan fingerprint density at radius 2 is 2.10 bits per heavy atom. The van der Waals surface area contributed by atoms with E-state index >= 15 is 0 Å². The molecule has 0 atom stereocenters. The zero-order valence-corrected chi connectivity index (χ0v) is 16.4. The highest BCUT2D eigenvalue weighted by Gasteiger charge is 2.41. The van der Waals surface area contributed by atoms with Crippen LogP contribution in [0.25, 0.3) is 33.2 Å². The number of nitrogens with zero attached hydrogens (tertiary/aromatic N) is 5. The first-order valence-corrected chi connectivity index (χ1v) is 10.2. The second-order valence-electron chi connectivity index (χ2n) is 8.27. The minimum atomic E-state index is 0.182. The molecule has 6 rings (SSSR count). The summed E-state index contributed by atoms with van der Waals surface area (Å²) in [4.78, 5) is 12.6. The van der Waals surface area contributed by atoms with Crippen LogP contribution in [0.5, 0.6) is 0 Å². The van der Waals surface area contributed by atoms with Crippen LogP contribution in [0.1, 0.15) is 32.1 Å². The fourth-order valence-electron chi connectivity index (χ4n) is 4.67. The Hall–Kier alpha value is -3.00. The standard InChI is InChI=1S/C21H23N7O/c1-28-18-10-13(2-3-17(18)26-27-28)15-11-22-19-16(15)12-23-20(25-19)24-14-4-6-21(7-5-14)8-9-29-21/h2-3,10-12,14H,4-9H2,1H3,(H2,22,23,24,25)/t14-,21+. The van der Waals surface area contributed by atoms with Crippen molar-refractivity contribution < 1.29 is 4.74 Å². The second kappa shape index (κ2) is 6.25. The molecule has 2 fully saturated rings. The SMILES string of the molecule is Cn1nnc2ccc(-c3c[nH]c4nc(N[C@H]5CC[C@]6(CCO6)CC5)ncc34)cc21. The van der Waals surface area contributed by atoms with Gasteiger partial charge >= 0.3 is 0 Å². The minimum absolute atomic E-state index is 0.182. The molecule has 0 bridgehead atoms. The molecule has 148 valence electrons. The van der Waals surface area contributed by atoms with Gasteiger partial charge in [0.05, 0.1) is 17.7 Å². The molecule has 1 aromatic carbocycles. The lowest BCUT2D eigenvalue weighted by Crippen LogP contribution is -2.48. The first kappa shape index (κ1) is 16.9. The lowest BCUT2D eigenvalue weighted by Gasteiger charge is -2.46. The summed E-state index contributed by atoms with van der Waals surface area (Å²) in [5.74, 6) is 0.688. The van der Waals surface area contributed by atoms with Gasteiger partial charge in [0.25, 0.3) is 0 Å². The molecule has 4 heterocycles. The number of aryl methyl sites for hydroxylation is 1. The fourth-order valence-corrected chi connectivity index (χ4v) is 4.67. The third-order valence-electron chi connectivity index (χ3n) is 6.55. The molecule has 0 amide bonds. The fraction of sp³-hybridized carbons (Fsp3) is 0.429. The normalized spacial score (nSPS) is 24.2. The summed E-state index contributed by atoms with van der Waals surface area (Å²) in [6.07, 6.45) is 9.59. The van der Waals surface area contributed by atoms with Gasteiger partial charge in [-0.15, -0.1) is 5.10 Å². The second-order valence-corrected chi connectivity index (χ2v) is 8.27. The Balaban J connectivity index is 1.25. The van der Waals surface area contributed by atoms with Gasteiger partial charge in [0.15, 0.2) is 0 Å². The number of H-pyrrole nitrogens is 1. The maximum absolute atomic E-state index is 5.82. The number of nitrogens with one attached hydrogen (secondary N) is 2. The zero-order chi connectivity index (χ0) is 19.4. The highest BCUT2D eigenvalue weighted by Crippen LogP contribution is 2.41. The van der Waals surface area contributed by atoms with Crippen molar-refractivity contribution in [2.45, 2.75) is 43.7 Å². The van der Waals surface area contributed by atoms with Gasteiger partial charge in [-0.25, -0.2) is 9.67 Å². The quantitative estimate of drug-likeness (QED) is 0.558. The van der Waals surface area contributed by atoms with Crippen molar-refractivity contribution >= 4 is 28.0 Å². The largest absolute Gasteiger partial charge is 0.375 e. The Morgan fingerprint density at radius 3 is 2.90 bits per heavy atom. The molecule has 1 spiro atoms. The van der Waals surface area contributed by atoms with Crippen molar-refractivity contribution in [1.82, 2.24) is 29.9 Å². The molecule has 1 aliphatic carbocycles.